The third-order valence-electron chi connectivity index (χ3n) is 7.31. The van der Waals surface area contributed by atoms with Crippen LogP contribution in [0.4, 0.5) is 0 Å². The van der Waals surface area contributed by atoms with Crippen molar-refractivity contribution in [1.29, 1.82) is 0 Å². The van der Waals surface area contributed by atoms with Gasteiger partial charge in [0.1, 0.15) is 0 Å². The van der Waals surface area contributed by atoms with Crippen molar-refractivity contribution < 1.29 is 47.7 Å². The minimum atomic E-state index is -0.0532. The van der Waals surface area contributed by atoms with Gasteiger partial charge in [0.25, 0.3) is 0 Å². The first-order chi connectivity index (χ1) is 22.3. The minimum absolute atomic E-state index is 0.0157. The molecule has 0 aromatic rings. The fraction of sp³-hybridized carbons (Fsp3) is 1.00. The van der Waals surface area contributed by atoms with Crippen molar-refractivity contribution in [3.63, 3.8) is 0 Å². The quantitative estimate of drug-likeness (QED) is 0.0752. The van der Waals surface area contributed by atoms with Crippen LogP contribution in [0.25, 0.3) is 0 Å². The van der Waals surface area contributed by atoms with Gasteiger partial charge in [-0.05, 0) is 48.0 Å². The molecule has 0 amide bonds. The molecule has 0 saturated carbocycles. The summed E-state index contributed by atoms with van der Waals surface area (Å²) in [6.07, 6.45) is 13.2. The zero-order valence-electron chi connectivity index (χ0n) is 30.8. The van der Waals surface area contributed by atoms with E-state index in [1.54, 1.807) is 0 Å². The summed E-state index contributed by atoms with van der Waals surface area (Å²) in [6.45, 7) is 20.5. The van der Waals surface area contributed by atoms with Gasteiger partial charge in [-0.1, -0.05) is 64.7 Å². The lowest BCUT2D eigenvalue weighted by atomic mass is 10.1. The van der Waals surface area contributed by atoms with Crippen molar-refractivity contribution in [2.75, 3.05) is 85.9 Å². The second-order valence-electron chi connectivity index (χ2n) is 12.6. The van der Waals surface area contributed by atoms with Gasteiger partial charge in [-0.3, -0.25) is 0 Å². The Labute approximate surface area is 282 Å². The number of hydrogen-bond acceptors (Lipinski definition) is 10. The smallest absolute Gasteiger partial charge is 0.0781 e. The summed E-state index contributed by atoms with van der Waals surface area (Å²) >= 11 is 0. The van der Waals surface area contributed by atoms with Crippen molar-refractivity contribution in [2.45, 2.75) is 149 Å². The molecule has 10 heteroatoms. The molecule has 6 unspecified atom stereocenters. The van der Waals surface area contributed by atoms with Gasteiger partial charge in [0.2, 0.25) is 0 Å². The van der Waals surface area contributed by atoms with E-state index in [-0.39, 0.29) is 43.2 Å². The Morgan fingerprint density at radius 1 is 0.348 bits per heavy atom. The van der Waals surface area contributed by atoms with Crippen LogP contribution in [0, 0.1) is 0 Å². The van der Waals surface area contributed by atoms with Gasteiger partial charge in [0.15, 0.2) is 0 Å². The summed E-state index contributed by atoms with van der Waals surface area (Å²) < 4.78 is 51.6. The molecular formula is C36H74O10. The predicted molar refractivity (Wildman–Crippen MR) is 184 cm³/mol. The highest BCUT2D eigenvalue weighted by atomic mass is 16.6. The van der Waals surface area contributed by atoms with Gasteiger partial charge in [0, 0.05) is 6.61 Å². The van der Waals surface area contributed by atoms with Crippen LogP contribution in [-0.4, -0.2) is 128 Å². The van der Waals surface area contributed by atoms with Gasteiger partial charge in [-0.2, -0.15) is 0 Å². The van der Waals surface area contributed by atoms with Gasteiger partial charge < -0.3 is 47.7 Å². The van der Waals surface area contributed by atoms with E-state index >= 15 is 0 Å². The third kappa shape index (κ3) is 33.5. The van der Waals surface area contributed by atoms with E-state index in [4.69, 9.17) is 47.7 Å². The predicted octanol–water partition coefficient (Wildman–Crippen LogP) is 6.38. The Bertz CT molecular complexity index is 599. The summed E-state index contributed by atoms with van der Waals surface area (Å²) in [5.41, 5.74) is 0. The molecular weight excluding hydrogens is 592 g/mol. The molecule has 0 aliphatic carbocycles. The van der Waals surface area contributed by atoms with Crippen LogP contribution < -0.4 is 0 Å². The Morgan fingerprint density at radius 2 is 0.696 bits per heavy atom. The molecule has 0 heterocycles. The first kappa shape index (κ1) is 45.6. The van der Waals surface area contributed by atoms with E-state index in [0.29, 0.717) is 72.7 Å². The maximum Gasteiger partial charge on any atom is 0.0781 e. The molecule has 0 bridgehead atoms. The van der Waals surface area contributed by atoms with Crippen LogP contribution in [0.5, 0.6) is 0 Å². The summed E-state index contributed by atoms with van der Waals surface area (Å²) in [5, 5.41) is 8.65. The summed E-state index contributed by atoms with van der Waals surface area (Å²) in [5.74, 6) is 0. The average Bonchev–Trinajstić information content (AvgIpc) is 3.05. The molecule has 0 rings (SSSR count). The highest BCUT2D eigenvalue weighted by molar-refractivity contribution is 4.59. The molecule has 0 aliphatic heterocycles. The number of hydrogen-bond donors (Lipinski definition) is 1. The Morgan fingerprint density at radius 3 is 1.13 bits per heavy atom. The Hall–Kier alpha value is -0.400. The van der Waals surface area contributed by atoms with E-state index in [0.717, 1.165) is 13.0 Å². The number of ether oxygens (including phenoxy) is 9. The molecule has 6 atom stereocenters. The van der Waals surface area contributed by atoms with Crippen LogP contribution in [0.3, 0.4) is 0 Å². The topological polar surface area (TPSA) is 103 Å². The first-order valence-electron chi connectivity index (χ1n) is 18.3. The molecule has 278 valence electrons. The van der Waals surface area contributed by atoms with Crippen LogP contribution in [-0.2, 0) is 42.6 Å². The molecule has 0 radical (unpaired) electrons. The monoisotopic (exact) mass is 667 g/mol. The Kier molecular flexibility index (Phi) is 34.2. The molecule has 46 heavy (non-hydrogen) atoms. The number of aliphatic hydroxyl groups is 1. The van der Waals surface area contributed by atoms with Crippen molar-refractivity contribution in [3.05, 3.63) is 0 Å². The fourth-order valence-corrected chi connectivity index (χ4v) is 4.42. The molecule has 0 spiro atoms. The lowest BCUT2D eigenvalue weighted by Crippen LogP contribution is -2.30. The second kappa shape index (κ2) is 34.5. The lowest BCUT2D eigenvalue weighted by Gasteiger charge is -2.22. The van der Waals surface area contributed by atoms with Gasteiger partial charge in [-0.15, -0.1) is 0 Å². The average molecular weight is 667 g/mol. The molecule has 0 fully saturated rings. The molecule has 0 aromatic heterocycles. The van der Waals surface area contributed by atoms with Crippen LogP contribution >= 0.6 is 0 Å². The van der Waals surface area contributed by atoms with Crippen LogP contribution in [0.15, 0.2) is 0 Å². The molecule has 0 aliphatic rings. The molecule has 10 nitrogen and oxygen atoms in total. The maximum atomic E-state index is 8.65. The van der Waals surface area contributed by atoms with Crippen molar-refractivity contribution in [3.8, 4) is 0 Å². The summed E-state index contributed by atoms with van der Waals surface area (Å²) in [7, 11) is 0. The molecule has 1 N–H and O–H groups in total. The SMILES string of the molecule is CCCCCCCCCCCCOCC(C)OCC(C)OCC(C)OCC(C)OCC(C)OCC(C)OCCOCCOCCO. The van der Waals surface area contributed by atoms with Crippen molar-refractivity contribution >= 4 is 0 Å². The van der Waals surface area contributed by atoms with E-state index in [1.165, 1.54) is 57.8 Å². The highest BCUT2D eigenvalue weighted by Gasteiger charge is 2.13. The van der Waals surface area contributed by atoms with Crippen LogP contribution in [0.1, 0.15) is 113 Å². The number of unbranched alkanes of at least 4 members (excludes halogenated alkanes) is 9. The van der Waals surface area contributed by atoms with Crippen LogP contribution in [0.2, 0.25) is 0 Å². The second-order valence-corrected chi connectivity index (χ2v) is 12.6. The van der Waals surface area contributed by atoms with Gasteiger partial charge in [-0.25, -0.2) is 0 Å². The standard InChI is InChI=1S/C36H74O10/c1-8-9-10-11-12-13-14-15-16-17-19-40-25-31(2)42-27-33(4)44-29-35(6)46-30-36(7)45-28-34(5)43-26-32(3)41-24-23-39-22-21-38-20-18-37/h31-37H,8-30H2,1-7H3. The lowest BCUT2D eigenvalue weighted by molar-refractivity contribution is -0.105. The zero-order chi connectivity index (χ0) is 34.1. The highest BCUT2D eigenvalue weighted by Crippen LogP contribution is 2.11. The third-order valence-corrected chi connectivity index (χ3v) is 7.31. The van der Waals surface area contributed by atoms with Gasteiger partial charge >= 0.3 is 0 Å². The number of aliphatic hydroxyl groups excluding tert-OH is 1. The number of rotatable bonds is 37. The summed E-state index contributed by atoms with van der Waals surface area (Å²) in [6, 6.07) is 0. The maximum absolute atomic E-state index is 8.65. The summed E-state index contributed by atoms with van der Waals surface area (Å²) in [4.78, 5) is 0. The van der Waals surface area contributed by atoms with Crippen molar-refractivity contribution in [1.82, 2.24) is 0 Å². The van der Waals surface area contributed by atoms with E-state index in [9.17, 15) is 0 Å². The van der Waals surface area contributed by atoms with Gasteiger partial charge in [0.05, 0.1) is 116 Å². The molecule has 0 aromatic carbocycles. The fourth-order valence-electron chi connectivity index (χ4n) is 4.42. The zero-order valence-corrected chi connectivity index (χ0v) is 30.8. The van der Waals surface area contributed by atoms with E-state index in [1.807, 2.05) is 34.6 Å². The minimum Gasteiger partial charge on any atom is -0.394 e. The van der Waals surface area contributed by atoms with E-state index in [2.05, 4.69) is 13.8 Å². The Balaban J connectivity index is 3.66. The van der Waals surface area contributed by atoms with Crippen molar-refractivity contribution in [2.24, 2.45) is 0 Å². The largest absolute Gasteiger partial charge is 0.394 e. The normalized spacial score (nSPS) is 15.9. The first-order valence-corrected chi connectivity index (χ1v) is 18.3. The van der Waals surface area contributed by atoms with E-state index < -0.39 is 0 Å². The molecule has 0 saturated heterocycles.